The number of rotatable bonds is 29. The monoisotopic (exact) mass is 1050 g/mol. The van der Waals surface area contributed by atoms with E-state index in [1.54, 1.807) is 116 Å². The summed E-state index contributed by atoms with van der Waals surface area (Å²) in [5.41, 5.74) is 2.69. The molecule has 3 atom stereocenters. The average Bonchev–Trinajstić information content (AvgIpc) is 3.96. The van der Waals surface area contributed by atoms with Crippen LogP contribution in [0.4, 0.5) is 10.5 Å². The molecule has 0 saturated carbocycles. The summed E-state index contributed by atoms with van der Waals surface area (Å²) in [6.07, 6.45) is 1.77. The summed E-state index contributed by atoms with van der Waals surface area (Å²) in [7, 11) is 0. The van der Waals surface area contributed by atoms with Crippen LogP contribution in [0.3, 0.4) is 0 Å². The minimum atomic E-state index is -1.52. The maximum atomic E-state index is 14.2. The van der Waals surface area contributed by atoms with Gasteiger partial charge in [0.1, 0.15) is 37.4 Å². The number of hydroxylamine groups is 2. The molecule has 0 aliphatic rings. The van der Waals surface area contributed by atoms with Gasteiger partial charge in [0.2, 0.25) is 12.3 Å². The topological polar surface area (TPSA) is 247 Å². The Morgan fingerprint density at radius 3 is 1.84 bits per heavy atom. The fourth-order valence-corrected chi connectivity index (χ4v) is 7.85. The van der Waals surface area contributed by atoms with Crippen molar-refractivity contribution in [2.75, 3.05) is 18.6 Å². The van der Waals surface area contributed by atoms with Crippen molar-refractivity contribution < 1.29 is 66.6 Å². The van der Waals surface area contributed by atoms with Gasteiger partial charge in [-0.1, -0.05) is 148 Å². The predicted octanol–water partition coefficient (Wildman–Crippen LogP) is 8.44. The van der Waals surface area contributed by atoms with Gasteiger partial charge < -0.3 is 44.2 Å². The van der Waals surface area contributed by atoms with Gasteiger partial charge in [-0.2, -0.15) is 5.06 Å². The predicted molar refractivity (Wildman–Crippen MR) is 281 cm³/mol. The molecule has 5 aromatic carbocycles. The van der Waals surface area contributed by atoms with Crippen LogP contribution in [0, 0.1) is 5.92 Å². The second-order valence-corrected chi connectivity index (χ2v) is 17.4. The smallest absolute Gasteiger partial charge is 0.436 e. The van der Waals surface area contributed by atoms with Gasteiger partial charge in [-0.25, -0.2) is 14.4 Å². The Balaban J connectivity index is 1.15. The van der Waals surface area contributed by atoms with Crippen LogP contribution in [0.2, 0.25) is 0 Å². The Morgan fingerprint density at radius 1 is 0.649 bits per heavy atom. The number of unbranched alkanes of at least 4 members (excludes halogenated alkanes) is 2. The Morgan fingerprint density at radius 2 is 1.25 bits per heavy atom. The first-order chi connectivity index (χ1) is 37.4. The van der Waals surface area contributed by atoms with Crippen molar-refractivity contribution in [1.82, 2.24) is 21.0 Å². The highest BCUT2D eigenvalue weighted by atomic mass is 16.7. The first-order valence-corrected chi connectivity index (χ1v) is 25.1. The number of furan rings is 1. The van der Waals surface area contributed by atoms with E-state index in [0.717, 1.165) is 23.5 Å². The number of carbonyl (C=O) groups is 8. The maximum absolute atomic E-state index is 14.2. The molecule has 6 rings (SSSR count). The Bertz CT molecular complexity index is 2880. The molecule has 0 saturated heterocycles. The highest BCUT2D eigenvalue weighted by molar-refractivity contribution is 6.00. The molecule has 402 valence electrons. The molecule has 1 aromatic heterocycles. The van der Waals surface area contributed by atoms with Crippen molar-refractivity contribution in [3.05, 3.63) is 180 Å². The Labute approximate surface area is 445 Å². The Kier molecular flexibility index (Phi) is 22.4. The van der Waals surface area contributed by atoms with Gasteiger partial charge in [-0.05, 0) is 65.9 Å². The van der Waals surface area contributed by atoms with E-state index in [0.29, 0.717) is 41.6 Å². The van der Waals surface area contributed by atoms with Crippen LogP contribution in [-0.2, 0) is 62.8 Å². The van der Waals surface area contributed by atoms with Gasteiger partial charge in [-0.15, -0.1) is 0 Å². The number of nitrogens with one attached hydrogen (secondary N) is 4. The minimum absolute atomic E-state index is 0.0489. The summed E-state index contributed by atoms with van der Waals surface area (Å²) >= 11 is 0. The number of hydrogen-bond donors (Lipinski definition) is 4. The molecule has 6 aromatic rings. The lowest BCUT2D eigenvalue weighted by atomic mass is 9.90. The molecule has 0 aliphatic carbocycles. The standard InChI is InChI=1S/C58H61N5O14/c1-3-5-10-27-45(48(4-2)63(39-64)77-58(71)61-44-25-17-9-18-26-44)54(67)59-38-60-56(69)50-31-30-49(76-50)43-28-29-46(51(32-43)72-37-53(66)74-35-41-21-13-7-14-22-41)55(68)62-47(57(70)75-36-42-23-15-8-16-24-42)33-52(65)73-34-40-19-11-6-12-20-40/h6-9,11-26,28-32,39,45,47-48H,3-5,10,27,33-38H2,1-2H3,(H,59,67)(H,60,69)(H,61,71)(H,62,68)/t45-,47+,48-/m1/s1. The largest absolute Gasteiger partial charge is 0.481 e. The van der Waals surface area contributed by atoms with E-state index in [1.165, 1.54) is 30.3 Å². The number of benzene rings is 5. The van der Waals surface area contributed by atoms with Crippen molar-refractivity contribution in [3.8, 4) is 17.1 Å². The SMILES string of the molecule is CCCCC[C@@H](C(=O)NCNC(=O)c1ccc(-c2ccc(C(=O)N[C@@H](CC(=O)OCc3ccccc3)C(=O)OCc3ccccc3)c(OCC(=O)OCc3ccccc3)c2)o1)[C@@H](CC)N(C=O)OC(=O)Nc1ccccc1. The van der Waals surface area contributed by atoms with Crippen molar-refractivity contribution >= 4 is 53.8 Å². The van der Waals surface area contributed by atoms with Crippen LogP contribution < -0.4 is 26.0 Å². The summed E-state index contributed by atoms with van der Waals surface area (Å²) in [6.45, 7) is 2.50. The summed E-state index contributed by atoms with van der Waals surface area (Å²) in [5.74, 6) is -5.54. The summed E-state index contributed by atoms with van der Waals surface area (Å²) in [5, 5.41) is 11.3. The minimum Gasteiger partial charge on any atom is -0.481 e. The normalized spacial score (nSPS) is 11.8. The molecule has 5 amide bonds. The first kappa shape index (κ1) is 57.0. The third-order valence-electron chi connectivity index (χ3n) is 11.8. The lowest BCUT2D eigenvalue weighted by Crippen LogP contribution is -2.49. The van der Waals surface area contributed by atoms with E-state index in [4.69, 9.17) is 28.2 Å². The molecule has 19 heteroatoms. The third-order valence-corrected chi connectivity index (χ3v) is 11.8. The number of nitrogens with zero attached hydrogens (tertiary/aromatic N) is 1. The highest BCUT2D eigenvalue weighted by Gasteiger charge is 2.34. The van der Waals surface area contributed by atoms with Crippen molar-refractivity contribution in [2.45, 2.75) is 84.3 Å². The zero-order chi connectivity index (χ0) is 54.8. The van der Waals surface area contributed by atoms with Crippen LogP contribution >= 0.6 is 0 Å². The van der Waals surface area contributed by atoms with Crippen LogP contribution in [0.5, 0.6) is 5.75 Å². The number of carbonyl (C=O) groups excluding carboxylic acids is 8. The first-order valence-electron chi connectivity index (χ1n) is 25.1. The molecular formula is C58H61N5O14. The maximum Gasteiger partial charge on any atom is 0.436 e. The molecule has 0 aliphatic heterocycles. The molecule has 0 bridgehead atoms. The number of anilines is 1. The lowest BCUT2D eigenvalue weighted by Gasteiger charge is -2.31. The van der Waals surface area contributed by atoms with Crippen molar-refractivity contribution in [2.24, 2.45) is 5.92 Å². The summed E-state index contributed by atoms with van der Waals surface area (Å²) in [6, 6.07) is 39.9. The van der Waals surface area contributed by atoms with E-state index >= 15 is 0 Å². The van der Waals surface area contributed by atoms with Gasteiger partial charge in [0.15, 0.2) is 12.4 Å². The summed E-state index contributed by atoms with van der Waals surface area (Å²) < 4.78 is 28.2. The lowest BCUT2D eigenvalue weighted by molar-refractivity contribution is -0.167. The third kappa shape index (κ3) is 18.3. The van der Waals surface area contributed by atoms with Gasteiger partial charge >= 0.3 is 24.0 Å². The second-order valence-electron chi connectivity index (χ2n) is 17.4. The molecule has 1 heterocycles. The van der Waals surface area contributed by atoms with Gasteiger partial charge in [0.05, 0.1) is 30.6 Å². The van der Waals surface area contributed by atoms with Crippen LogP contribution in [0.25, 0.3) is 11.3 Å². The number of para-hydroxylation sites is 1. The molecule has 4 N–H and O–H groups in total. The average molecular weight is 1050 g/mol. The van der Waals surface area contributed by atoms with E-state index in [9.17, 15) is 38.4 Å². The zero-order valence-electron chi connectivity index (χ0n) is 42.7. The molecule has 0 spiro atoms. The van der Waals surface area contributed by atoms with E-state index < -0.39 is 72.8 Å². The molecule has 0 fully saturated rings. The van der Waals surface area contributed by atoms with Gasteiger partial charge in [0, 0.05) is 11.3 Å². The fraction of sp³-hybridized carbons (Fsp3) is 0.276. The molecule has 0 unspecified atom stereocenters. The van der Waals surface area contributed by atoms with Crippen LogP contribution in [0.1, 0.15) is 90.0 Å². The second kappa shape index (κ2) is 30.2. The van der Waals surface area contributed by atoms with E-state index in [2.05, 4.69) is 21.3 Å². The number of amides is 5. The highest BCUT2D eigenvalue weighted by Crippen LogP contribution is 2.30. The van der Waals surface area contributed by atoms with Gasteiger partial charge in [0.25, 0.3) is 11.8 Å². The zero-order valence-corrected chi connectivity index (χ0v) is 42.7. The fourth-order valence-electron chi connectivity index (χ4n) is 7.85. The number of esters is 3. The van der Waals surface area contributed by atoms with Gasteiger partial charge in [-0.3, -0.25) is 29.3 Å². The van der Waals surface area contributed by atoms with Crippen LogP contribution in [-0.4, -0.2) is 78.6 Å². The van der Waals surface area contributed by atoms with Crippen molar-refractivity contribution in [1.29, 1.82) is 0 Å². The van der Waals surface area contributed by atoms with E-state index in [-0.39, 0.29) is 55.7 Å². The number of hydrogen-bond acceptors (Lipinski definition) is 14. The van der Waals surface area contributed by atoms with E-state index in [1.807, 2.05) is 19.1 Å². The van der Waals surface area contributed by atoms with Crippen molar-refractivity contribution in [3.63, 3.8) is 0 Å². The molecule has 19 nitrogen and oxygen atoms in total. The summed E-state index contributed by atoms with van der Waals surface area (Å²) in [4.78, 5) is 111. The molecule has 0 radical (unpaired) electrons. The quantitative estimate of drug-likeness (QED) is 0.00860. The Hall–Kier alpha value is -9.26. The number of ether oxygens (including phenoxy) is 4. The molecular weight excluding hydrogens is 991 g/mol. The molecule has 77 heavy (non-hydrogen) atoms. The van der Waals surface area contributed by atoms with Crippen LogP contribution in [0.15, 0.2) is 156 Å².